The maximum Gasteiger partial charge on any atom is 0.416 e. The van der Waals surface area contributed by atoms with Crippen LogP contribution in [-0.4, -0.2) is 115 Å². The Bertz CT molecular complexity index is 1660. The van der Waals surface area contributed by atoms with E-state index in [0.29, 0.717) is 97.9 Å². The third kappa shape index (κ3) is 13.7. The summed E-state index contributed by atoms with van der Waals surface area (Å²) < 4.78 is 79.0. The van der Waals surface area contributed by atoms with E-state index in [4.69, 9.17) is 44.6 Å². The molecule has 1 fully saturated rings. The number of carbonyl (C=O) groups is 1. The fourth-order valence-corrected chi connectivity index (χ4v) is 5.67. The van der Waals surface area contributed by atoms with E-state index in [2.05, 4.69) is 15.8 Å². The molecule has 0 atom stereocenters. The molecule has 3 heterocycles. The predicted molar refractivity (Wildman–Crippen MR) is 197 cm³/mol. The standard InChI is InChI=1S/C40H50F3N3O8/c1-5-11-48-14-15-50-16-17-51-18-19-52-20-21-53-22-23-54-39(3,4)38-36(46-9-12-49-13-10-46)27-33(29-45-38)35-24-31(28-44-30(35)2)25-37(47)32-7-6-8-34(26-32)40(41,42)43/h1,6-8,24,26-29H,9-23,25H2,2-4H3. The smallest absolute Gasteiger partial charge is 0.378 e. The summed E-state index contributed by atoms with van der Waals surface area (Å²) in [4.78, 5) is 24.7. The van der Waals surface area contributed by atoms with Gasteiger partial charge in [-0.1, -0.05) is 18.1 Å². The van der Waals surface area contributed by atoms with Crippen LogP contribution in [0.4, 0.5) is 18.9 Å². The van der Waals surface area contributed by atoms with Gasteiger partial charge in [0.05, 0.1) is 96.2 Å². The number of rotatable bonds is 23. The summed E-state index contributed by atoms with van der Waals surface area (Å²) >= 11 is 0. The van der Waals surface area contributed by atoms with Gasteiger partial charge >= 0.3 is 6.18 Å². The van der Waals surface area contributed by atoms with Crippen LogP contribution < -0.4 is 4.90 Å². The van der Waals surface area contributed by atoms with E-state index >= 15 is 0 Å². The van der Waals surface area contributed by atoms with Crippen molar-refractivity contribution in [3.05, 3.63) is 76.9 Å². The number of hydrogen-bond donors (Lipinski definition) is 0. The molecule has 2 aromatic heterocycles. The molecular weight excluding hydrogens is 707 g/mol. The summed E-state index contributed by atoms with van der Waals surface area (Å²) in [5.74, 6) is 1.96. The first-order valence-electron chi connectivity index (χ1n) is 18.0. The van der Waals surface area contributed by atoms with E-state index in [9.17, 15) is 18.0 Å². The van der Waals surface area contributed by atoms with Crippen molar-refractivity contribution in [2.75, 3.05) is 104 Å². The van der Waals surface area contributed by atoms with Crippen molar-refractivity contribution in [3.8, 4) is 23.5 Å². The minimum atomic E-state index is -4.54. The fourth-order valence-electron chi connectivity index (χ4n) is 5.67. The number of hydrogen-bond acceptors (Lipinski definition) is 11. The second-order valence-electron chi connectivity index (χ2n) is 12.9. The number of alkyl halides is 3. The Morgan fingerprint density at radius 2 is 1.46 bits per heavy atom. The summed E-state index contributed by atoms with van der Waals surface area (Å²) in [5.41, 5.74) is 2.87. The van der Waals surface area contributed by atoms with E-state index in [0.717, 1.165) is 40.3 Å². The quantitative estimate of drug-likeness (QED) is 0.0675. The monoisotopic (exact) mass is 757 g/mol. The normalized spacial score (nSPS) is 13.6. The molecule has 0 aliphatic carbocycles. The summed E-state index contributed by atoms with van der Waals surface area (Å²) in [7, 11) is 0. The summed E-state index contributed by atoms with van der Waals surface area (Å²) in [6.45, 7) is 12.8. The Labute approximate surface area is 315 Å². The van der Waals surface area contributed by atoms with Gasteiger partial charge in [0.25, 0.3) is 0 Å². The van der Waals surface area contributed by atoms with Gasteiger partial charge in [-0.2, -0.15) is 13.2 Å². The van der Waals surface area contributed by atoms with Gasteiger partial charge in [0.15, 0.2) is 5.78 Å². The lowest BCUT2D eigenvalue weighted by Gasteiger charge is -2.35. The van der Waals surface area contributed by atoms with Gasteiger partial charge in [-0.15, -0.1) is 6.42 Å². The molecule has 0 bridgehead atoms. The highest BCUT2D eigenvalue weighted by Gasteiger charge is 2.31. The molecule has 1 aliphatic heterocycles. The lowest BCUT2D eigenvalue weighted by Crippen LogP contribution is -2.38. The van der Waals surface area contributed by atoms with Gasteiger partial charge in [-0.3, -0.25) is 14.8 Å². The molecule has 294 valence electrons. The highest BCUT2D eigenvalue weighted by atomic mass is 19.4. The van der Waals surface area contributed by atoms with Crippen LogP contribution in [0.15, 0.2) is 48.8 Å². The number of morpholine rings is 1. The van der Waals surface area contributed by atoms with Gasteiger partial charge in [-0.05, 0) is 50.6 Å². The van der Waals surface area contributed by atoms with Crippen LogP contribution in [0, 0.1) is 19.3 Å². The van der Waals surface area contributed by atoms with Gasteiger partial charge < -0.3 is 38.1 Å². The Kier molecular flexibility index (Phi) is 17.3. The minimum absolute atomic E-state index is 0.00664. The average molecular weight is 758 g/mol. The van der Waals surface area contributed by atoms with Crippen molar-refractivity contribution in [2.45, 2.75) is 39.0 Å². The second-order valence-corrected chi connectivity index (χ2v) is 12.9. The largest absolute Gasteiger partial charge is 0.416 e. The van der Waals surface area contributed by atoms with Crippen molar-refractivity contribution in [1.29, 1.82) is 0 Å². The van der Waals surface area contributed by atoms with Crippen LogP contribution in [0.25, 0.3) is 11.1 Å². The Balaban J connectivity index is 1.30. The molecule has 3 aromatic rings. The van der Waals surface area contributed by atoms with Crippen LogP contribution in [0.1, 0.15) is 46.7 Å². The summed E-state index contributed by atoms with van der Waals surface area (Å²) in [6.07, 6.45) is 3.81. The SMILES string of the molecule is C#CCOCCOCCOCCOCCOCCOC(C)(C)c1ncc(-c2cc(CC(=O)c3cccc(C(F)(F)F)c3)cnc2C)cc1N1CCOCC1. The van der Waals surface area contributed by atoms with E-state index in [1.807, 2.05) is 32.9 Å². The lowest BCUT2D eigenvalue weighted by atomic mass is 9.96. The maximum absolute atomic E-state index is 13.3. The molecule has 0 unspecified atom stereocenters. The van der Waals surface area contributed by atoms with E-state index < -0.39 is 23.1 Å². The van der Waals surface area contributed by atoms with Crippen molar-refractivity contribution in [3.63, 3.8) is 0 Å². The molecule has 0 spiro atoms. The number of nitrogens with zero attached hydrogens (tertiary/aromatic N) is 3. The number of aryl methyl sites for hydroxylation is 1. The number of Topliss-reactive ketones (excluding diaryl/α,β-unsaturated/α-hetero) is 1. The number of ketones is 1. The number of benzene rings is 1. The molecule has 11 nitrogen and oxygen atoms in total. The maximum atomic E-state index is 13.3. The first kappa shape index (κ1) is 42.8. The van der Waals surface area contributed by atoms with Crippen molar-refractivity contribution in [1.82, 2.24) is 9.97 Å². The first-order valence-corrected chi connectivity index (χ1v) is 18.0. The zero-order chi connectivity index (χ0) is 38.8. The van der Waals surface area contributed by atoms with Gasteiger partial charge in [0.1, 0.15) is 12.2 Å². The summed E-state index contributed by atoms with van der Waals surface area (Å²) in [5, 5.41) is 0. The molecule has 1 aromatic carbocycles. The topological polar surface area (TPSA) is 111 Å². The molecule has 14 heteroatoms. The minimum Gasteiger partial charge on any atom is -0.378 e. The molecular formula is C40H50F3N3O8. The zero-order valence-corrected chi connectivity index (χ0v) is 31.3. The first-order chi connectivity index (χ1) is 26.0. The molecule has 0 saturated carbocycles. The molecule has 54 heavy (non-hydrogen) atoms. The summed E-state index contributed by atoms with van der Waals surface area (Å²) in [6, 6.07) is 8.36. The number of ether oxygens (including phenoxy) is 7. The van der Waals surface area contributed by atoms with Crippen LogP contribution >= 0.6 is 0 Å². The molecule has 4 rings (SSSR count). The van der Waals surface area contributed by atoms with Crippen molar-refractivity contribution < 1.29 is 51.1 Å². The van der Waals surface area contributed by atoms with E-state index in [-0.39, 0.29) is 18.6 Å². The van der Waals surface area contributed by atoms with Crippen molar-refractivity contribution in [2.24, 2.45) is 0 Å². The lowest BCUT2D eigenvalue weighted by molar-refractivity contribution is -0.137. The zero-order valence-electron chi connectivity index (χ0n) is 31.3. The Morgan fingerprint density at radius 3 is 2.07 bits per heavy atom. The number of pyridine rings is 2. The number of terminal acetylenes is 1. The van der Waals surface area contributed by atoms with Crippen LogP contribution in [0.5, 0.6) is 0 Å². The Hall–Kier alpha value is -3.94. The van der Waals surface area contributed by atoms with Gasteiger partial charge in [0, 0.05) is 54.3 Å². The molecule has 1 aliphatic rings. The number of aromatic nitrogens is 2. The predicted octanol–water partition coefficient (Wildman–Crippen LogP) is 5.70. The number of carbonyl (C=O) groups excluding carboxylic acids is 1. The number of anilines is 1. The third-order valence-electron chi connectivity index (χ3n) is 8.48. The third-order valence-corrected chi connectivity index (χ3v) is 8.48. The van der Waals surface area contributed by atoms with Crippen LogP contribution in [0.2, 0.25) is 0 Å². The second kappa shape index (κ2) is 21.8. The van der Waals surface area contributed by atoms with Crippen LogP contribution in [-0.2, 0) is 51.4 Å². The average Bonchev–Trinajstić information content (AvgIpc) is 3.16. The Morgan fingerprint density at radius 1 is 0.852 bits per heavy atom. The number of halogens is 3. The van der Waals surface area contributed by atoms with E-state index in [1.54, 1.807) is 12.4 Å². The van der Waals surface area contributed by atoms with Gasteiger partial charge in [-0.25, -0.2) is 0 Å². The van der Waals surface area contributed by atoms with Gasteiger partial charge in [0.2, 0.25) is 0 Å². The molecule has 0 radical (unpaired) electrons. The fraction of sp³-hybridized carbons (Fsp3) is 0.525. The molecule has 0 amide bonds. The van der Waals surface area contributed by atoms with Crippen LogP contribution in [0.3, 0.4) is 0 Å². The van der Waals surface area contributed by atoms with Crippen molar-refractivity contribution >= 4 is 11.5 Å². The van der Waals surface area contributed by atoms with E-state index in [1.165, 1.54) is 12.1 Å². The highest BCUT2D eigenvalue weighted by Crippen LogP contribution is 2.36. The molecule has 1 saturated heterocycles. The molecule has 0 N–H and O–H groups in total. The highest BCUT2D eigenvalue weighted by molar-refractivity contribution is 5.97.